The van der Waals surface area contributed by atoms with Gasteiger partial charge in [-0.2, -0.15) is 0 Å². The number of carbonyl (C=O) groups is 1. The van der Waals surface area contributed by atoms with E-state index < -0.39 is 10.0 Å². The second-order valence-electron chi connectivity index (χ2n) is 8.64. The molecule has 1 fully saturated rings. The van der Waals surface area contributed by atoms with Crippen LogP contribution in [0.3, 0.4) is 0 Å². The number of nitrogens with zero attached hydrogens (tertiary/aromatic N) is 2. The van der Waals surface area contributed by atoms with Gasteiger partial charge < -0.3 is 9.64 Å². The first-order valence-corrected chi connectivity index (χ1v) is 13.5. The first-order valence-electron chi connectivity index (χ1n) is 10.8. The number of benzene rings is 2. The number of sulfonamides is 1. The highest BCUT2D eigenvalue weighted by Gasteiger charge is 2.35. The number of hydrogen-bond acceptors (Lipinski definition) is 6. The molecule has 1 saturated heterocycles. The van der Waals surface area contributed by atoms with Crippen LogP contribution in [0.2, 0.25) is 5.02 Å². The molecule has 1 aromatic heterocycles. The minimum absolute atomic E-state index is 0.0223. The quantitative estimate of drug-likeness (QED) is 0.533. The van der Waals surface area contributed by atoms with Gasteiger partial charge in [-0.1, -0.05) is 49.7 Å². The molecule has 1 amide bonds. The molecule has 2 aromatic carbocycles. The number of amides is 1. The van der Waals surface area contributed by atoms with Crippen LogP contribution in [-0.2, 0) is 14.8 Å². The van der Waals surface area contributed by atoms with Crippen molar-refractivity contribution in [2.75, 3.05) is 20.2 Å². The topological polar surface area (TPSA) is 103 Å². The molecule has 10 heteroatoms. The Morgan fingerprint density at radius 1 is 1.06 bits per heavy atom. The number of piperidine rings is 1. The van der Waals surface area contributed by atoms with E-state index in [0.717, 1.165) is 16.0 Å². The van der Waals surface area contributed by atoms with Crippen molar-refractivity contribution >= 4 is 38.9 Å². The van der Waals surface area contributed by atoms with Crippen molar-refractivity contribution < 1.29 is 17.9 Å². The van der Waals surface area contributed by atoms with E-state index in [9.17, 15) is 13.2 Å². The molecule has 0 spiro atoms. The molecule has 7 nitrogen and oxygen atoms in total. The Kier molecular flexibility index (Phi) is 7.12. The molecule has 2 heterocycles. The molecule has 3 aromatic rings. The fraction of sp³-hybridized carbons (Fsp3) is 0.333. The van der Waals surface area contributed by atoms with Crippen LogP contribution < -0.4 is 5.14 Å². The van der Waals surface area contributed by atoms with E-state index in [4.69, 9.17) is 26.5 Å². The fourth-order valence-electron chi connectivity index (χ4n) is 4.51. The third-order valence-electron chi connectivity index (χ3n) is 6.07. The third-order valence-corrected chi connectivity index (χ3v) is 8.34. The van der Waals surface area contributed by atoms with Crippen LogP contribution in [0.1, 0.15) is 23.6 Å². The van der Waals surface area contributed by atoms with E-state index in [1.54, 1.807) is 31.4 Å². The predicted molar refractivity (Wildman–Crippen MR) is 134 cm³/mol. The molecule has 4 rings (SSSR count). The molecule has 2 unspecified atom stereocenters. The Bertz CT molecular complexity index is 1280. The molecule has 1 aliphatic rings. The van der Waals surface area contributed by atoms with Gasteiger partial charge in [-0.3, -0.25) is 4.79 Å². The van der Waals surface area contributed by atoms with E-state index in [1.165, 1.54) is 23.5 Å². The lowest BCUT2D eigenvalue weighted by molar-refractivity contribution is -0.0311. The molecular formula is C24H26ClN3O4S2. The van der Waals surface area contributed by atoms with Crippen molar-refractivity contribution in [1.82, 2.24) is 9.88 Å². The van der Waals surface area contributed by atoms with Gasteiger partial charge in [0.1, 0.15) is 0 Å². The number of likely N-dealkylation sites (tertiary alicyclic amines) is 1. The fourth-order valence-corrected chi connectivity index (χ4v) is 6.21. The Balaban J connectivity index is 1.74. The van der Waals surface area contributed by atoms with E-state index in [0.29, 0.717) is 28.8 Å². The lowest BCUT2D eigenvalue weighted by atomic mass is 9.88. The van der Waals surface area contributed by atoms with Crippen LogP contribution in [-0.4, -0.2) is 50.5 Å². The highest BCUT2D eigenvalue weighted by atomic mass is 35.5. The molecule has 0 bridgehead atoms. The van der Waals surface area contributed by atoms with Crippen LogP contribution >= 0.6 is 22.9 Å². The molecule has 2 atom stereocenters. The maximum atomic E-state index is 13.5. The largest absolute Gasteiger partial charge is 0.381 e. The number of aromatic nitrogens is 1. The van der Waals surface area contributed by atoms with Crippen LogP contribution in [0, 0.1) is 11.8 Å². The van der Waals surface area contributed by atoms with Crippen molar-refractivity contribution in [3.8, 4) is 21.7 Å². The van der Waals surface area contributed by atoms with Gasteiger partial charge in [0.05, 0.1) is 21.6 Å². The number of hydrogen-bond donors (Lipinski definition) is 1. The van der Waals surface area contributed by atoms with Gasteiger partial charge in [0, 0.05) is 42.6 Å². The minimum Gasteiger partial charge on any atom is -0.381 e. The van der Waals surface area contributed by atoms with E-state index in [1.807, 2.05) is 17.0 Å². The zero-order valence-electron chi connectivity index (χ0n) is 19.1. The molecule has 0 saturated carbocycles. The first-order chi connectivity index (χ1) is 16.1. The molecule has 34 heavy (non-hydrogen) atoms. The van der Waals surface area contributed by atoms with Crippen molar-refractivity contribution in [1.29, 1.82) is 0 Å². The monoisotopic (exact) mass is 519 g/mol. The van der Waals surface area contributed by atoms with Gasteiger partial charge in [-0.05, 0) is 29.8 Å². The van der Waals surface area contributed by atoms with Crippen molar-refractivity contribution in [2.24, 2.45) is 17.0 Å². The van der Waals surface area contributed by atoms with Gasteiger partial charge >= 0.3 is 0 Å². The van der Waals surface area contributed by atoms with Crippen LogP contribution in [0.5, 0.6) is 0 Å². The van der Waals surface area contributed by atoms with Gasteiger partial charge in [0.25, 0.3) is 5.91 Å². The highest BCUT2D eigenvalue weighted by molar-refractivity contribution is 7.89. The van der Waals surface area contributed by atoms with Gasteiger partial charge in [-0.15, -0.1) is 11.3 Å². The van der Waals surface area contributed by atoms with Crippen molar-refractivity contribution in [3.05, 3.63) is 58.6 Å². The summed E-state index contributed by atoms with van der Waals surface area (Å²) in [6.45, 7) is 5.36. The Morgan fingerprint density at radius 2 is 1.62 bits per heavy atom. The third kappa shape index (κ3) is 5.04. The van der Waals surface area contributed by atoms with Gasteiger partial charge in [-0.25, -0.2) is 18.5 Å². The zero-order valence-corrected chi connectivity index (χ0v) is 21.5. The summed E-state index contributed by atoms with van der Waals surface area (Å²) in [5.74, 6) is 0.290. The second kappa shape index (κ2) is 9.75. The normalized spacial score (nSPS) is 21.0. The number of primary sulfonamides is 1. The molecular weight excluding hydrogens is 494 g/mol. The summed E-state index contributed by atoms with van der Waals surface area (Å²) in [5, 5.41) is 6.22. The number of halogens is 1. The summed E-state index contributed by atoms with van der Waals surface area (Å²) in [7, 11) is -2.10. The maximum Gasteiger partial charge on any atom is 0.282 e. The average molecular weight is 520 g/mol. The lowest BCUT2D eigenvalue weighted by Crippen LogP contribution is -2.50. The number of thiazole rings is 1. The average Bonchev–Trinajstić information content (AvgIpc) is 3.24. The predicted octanol–water partition coefficient (Wildman–Crippen LogP) is 4.52. The van der Waals surface area contributed by atoms with E-state index in [-0.39, 0.29) is 28.7 Å². The summed E-state index contributed by atoms with van der Waals surface area (Å²) in [5.41, 5.74) is 2.19. The Labute approximate surface area is 208 Å². The number of ether oxygens (including phenoxy) is 1. The molecule has 1 aliphatic heterocycles. The maximum absolute atomic E-state index is 13.5. The molecule has 2 N–H and O–H groups in total. The van der Waals surface area contributed by atoms with Crippen LogP contribution in [0.4, 0.5) is 0 Å². The smallest absolute Gasteiger partial charge is 0.282 e. The van der Waals surface area contributed by atoms with Crippen LogP contribution in [0.25, 0.3) is 21.7 Å². The summed E-state index contributed by atoms with van der Waals surface area (Å²) >= 11 is 7.36. The SMILES string of the molecule is COC1C(C)CN(C(=O)c2nc(-c3ccc(Cl)cc3)c(-c3ccc(S(N)(=O)=O)cc3)s2)CC1C. The van der Waals surface area contributed by atoms with Gasteiger partial charge in [0.2, 0.25) is 10.0 Å². The van der Waals surface area contributed by atoms with Crippen LogP contribution in [0.15, 0.2) is 53.4 Å². The van der Waals surface area contributed by atoms with E-state index >= 15 is 0 Å². The number of methoxy groups -OCH3 is 1. The molecule has 0 aliphatic carbocycles. The van der Waals surface area contributed by atoms with E-state index in [2.05, 4.69) is 13.8 Å². The lowest BCUT2D eigenvalue weighted by Gasteiger charge is -2.40. The highest BCUT2D eigenvalue weighted by Crippen LogP contribution is 2.38. The number of nitrogens with two attached hydrogens (primary N) is 1. The summed E-state index contributed by atoms with van der Waals surface area (Å²) < 4.78 is 28.9. The second-order valence-corrected chi connectivity index (χ2v) is 11.6. The minimum atomic E-state index is -3.81. The summed E-state index contributed by atoms with van der Waals surface area (Å²) in [4.78, 5) is 20.8. The zero-order chi connectivity index (χ0) is 24.6. The molecule has 180 valence electrons. The van der Waals surface area contributed by atoms with Crippen molar-refractivity contribution in [2.45, 2.75) is 24.8 Å². The summed E-state index contributed by atoms with van der Waals surface area (Å²) in [6.07, 6.45) is 0.109. The summed E-state index contributed by atoms with van der Waals surface area (Å²) in [6, 6.07) is 13.5. The number of carbonyl (C=O) groups excluding carboxylic acids is 1. The number of rotatable bonds is 5. The standard InChI is InChI=1S/C24H26ClN3O4S2/c1-14-12-28(13-15(2)21(14)32-3)24(29)23-27-20(16-4-8-18(25)9-5-16)22(33-23)17-6-10-19(11-7-17)34(26,30)31/h4-11,14-15,21H,12-13H2,1-3H3,(H2,26,30,31). The molecule has 0 radical (unpaired) electrons. The first kappa shape index (κ1) is 24.8. The van der Waals surface area contributed by atoms with Crippen molar-refractivity contribution in [3.63, 3.8) is 0 Å². The van der Waals surface area contributed by atoms with Gasteiger partial charge in [0.15, 0.2) is 5.01 Å². The Hall–Kier alpha value is -2.30. The Morgan fingerprint density at radius 3 is 2.15 bits per heavy atom.